The van der Waals surface area contributed by atoms with Crippen LogP contribution in [0.2, 0.25) is 0 Å². The van der Waals surface area contributed by atoms with Crippen LogP contribution in [-0.4, -0.2) is 24.9 Å². The van der Waals surface area contributed by atoms with Crippen molar-refractivity contribution in [1.82, 2.24) is 5.32 Å². The first-order valence-electron chi connectivity index (χ1n) is 7.89. The summed E-state index contributed by atoms with van der Waals surface area (Å²) in [5, 5.41) is 12.4. The second-order valence-corrected chi connectivity index (χ2v) is 5.63. The highest BCUT2D eigenvalue weighted by molar-refractivity contribution is 5.43. The molecule has 1 aromatic rings. The molecule has 1 atom stereocenters. The van der Waals surface area contributed by atoms with Crippen molar-refractivity contribution in [1.29, 1.82) is 0 Å². The van der Waals surface area contributed by atoms with Gasteiger partial charge >= 0.3 is 0 Å². The van der Waals surface area contributed by atoms with Crippen LogP contribution in [0.1, 0.15) is 55.7 Å². The van der Waals surface area contributed by atoms with Crippen molar-refractivity contribution in [2.24, 2.45) is 0 Å². The fraction of sp³-hybridized carbons (Fsp3) is 0.647. The van der Waals surface area contributed by atoms with E-state index in [0.29, 0.717) is 12.6 Å². The number of para-hydroxylation sites is 1. The molecule has 3 nitrogen and oxygen atoms in total. The molecule has 0 spiro atoms. The van der Waals surface area contributed by atoms with Crippen molar-refractivity contribution < 1.29 is 9.84 Å². The van der Waals surface area contributed by atoms with E-state index in [9.17, 15) is 0 Å². The molecule has 1 aliphatic rings. The number of benzene rings is 1. The highest BCUT2D eigenvalue weighted by Crippen LogP contribution is 2.33. The molecule has 20 heavy (non-hydrogen) atoms. The molecule has 0 aliphatic carbocycles. The topological polar surface area (TPSA) is 41.5 Å². The summed E-state index contributed by atoms with van der Waals surface area (Å²) in [4.78, 5) is 0. The van der Waals surface area contributed by atoms with Crippen LogP contribution in [0, 0.1) is 6.92 Å². The molecule has 0 saturated carbocycles. The lowest BCUT2D eigenvalue weighted by molar-refractivity contribution is 0.282. The molecule has 0 saturated heterocycles. The molecular weight excluding hydrogens is 250 g/mol. The van der Waals surface area contributed by atoms with E-state index in [-0.39, 0.29) is 0 Å². The van der Waals surface area contributed by atoms with E-state index in [2.05, 4.69) is 30.4 Å². The van der Waals surface area contributed by atoms with E-state index < -0.39 is 0 Å². The highest BCUT2D eigenvalue weighted by atomic mass is 16.5. The molecule has 0 aromatic heterocycles. The predicted octanol–water partition coefficient (Wildman–Crippen LogP) is 3.35. The maximum absolute atomic E-state index is 8.76. The average molecular weight is 277 g/mol. The minimum atomic E-state index is 0.319. The van der Waals surface area contributed by atoms with Gasteiger partial charge in [-0.15, -0.1) is 0 Å². The summed E-state index contributed by atoms with van der Waals surface area (Å²) in [7, 11) is 0. The van der Waals surface area contributed by atoms with Gasteiger partial charge < -0.3 is 15.2 Å². The number of ether oxygens (including phenoxy) is 1. The summed E-state index contributed by atoms with van der Waals surface area (Å²) < 4.78 is 5.90. The van der Waals surface area contributed by atoms with Crippen LogP contribution in [0.25, 0.3) is 0 Å². The van der Waals surface area contributed by atoms with Crippen molar-refractivity contribution in [2.45, 2.75) is 51.5 Å². The summed E-state index contributed by atoms with van der Waals surface area (Å²) in [5.41, 5.74) is 2.55. The Morgan fingerprint density at radius 2 is 2.10 bits per heavy atom. The van der Waals surface area contributed by atoms with Crippen LogP contribution in [-0.2, 0) is 0 Å². The van der Waals surface area contributed by atoms with Gasteiger partial charge in [-0.2, -0.15) is 0 Å². The Kier molecular flexibility index (Phi) is 6.34. The number of aryl methyl sites for hydroxylation is 1. The number of hydrogen-bond donors (Lipinski definition) is 2. The molecule has 0 bridgehead atoms. The van der Waals surface area contributed by atoms with Crippen LogP contribution in [0.3, 0.4) is 0 Å². The fourth-order valence-corrected chi connectivity index (χ4v) is 2.84. The first-order valence-corrected chi connectivity index (χ1v) is 7.89. The Labute approximate surface area is 122 Å². The summed E-state index contributed by atoms with van der Waals surface area (Å²) in [6.45, 7) is 4.31. The number of nitrogens with one attached hydrogen (secondary N) is 1. The van der Waals surface area contributed by atoms with Crippen LogP contribution in [0.4, 0.5) is 0 Å². The molecule has 2 N–H and O–H groups in total. The smallest absolute Gasteiger partial charge is 0.126 e. The maximum Gasteiger partial charge on any atom is 0.126 e. The minimum Gasteiger partial charge on any atom is -0.493 e. The van der Waals surface area contributed by atoms with Gasteiger partial charge in [0, 0.05) is 18.2 Å². The lowest BCUT2D eigenvalue weighted by Gasteiger charge is -2.19. The molecular formula is C17H27NO2. The predicted molar refractivity (Wildman–Crippen MR) is 82.2 cm³/mol. The number of unbranched alkanes of at least 4 members (excludes halogenated alkanes) is 3. The zero-order chi connectivity index (χ0) is 14.2. The second-order valence-electron chi connectivity index (χ2n) is 5.63. The van der Waals surface area contributed by atoms with Crippen molar-refractivity contribution in [3.8, 4) is 5.75 Å². The third-order valence-corrected chi connectivity index (χ3v) is 3.98. The van der Waals surface area contributed by atoms with Gasteiger partial charge in [0.25, 0.3) is 0 Å². The van der Waals surface area contributed by atoms with Gasteiger partial charge in [0.15, 0.2) is 0 Å². The lowest BCUT2D eigenvalue weighted by Crippen LogP contribution is -2.22. The first-order chi connectivity index (χ1) is 9.83. The molecule has 1 heterocycles. The molecule has 0 amide bonds. The van der Waals surface area contributed by atoms with Gasteiger partial charge in [-0.25, -0.2) is 0 Å². The fourth-order valence-electron chi connectivity index (χ4n) is 2.84. The Morgan fingerprint density at radius 1 is 1.25 bits per heavy atom. The standard InChI is InChI=1S/C17H27NO2/c1-14-8-6-9-15-16(10-7-13-20-17(14)15)18-11-4-2-3-5-12-19/h6,8-9,16,18-19H,2-5,7,10-13H2,1H3. The Balaban J connectivity index is 1.87. The number of hydrogen-bond acceptors (Lipinski definition) is 3. The van der Waals surface area contributed by atoms with Gasteiger partial charge in [0.2, 0.25) is 0 Å². The summed E-state index contributed by atoms with van der Waals surface area (Å²) in [6, 6.07) is 6.86. The van der Waals surface area contributed by atoms with E-state index in [1.807, 2.05) is 0 Å². The van der Waals surface area contributed by atoms with E-state index in [1.165, 1.54) is 24.0 Å². The third-order valence-electron chi connectivity index (χ3n) is 3.98. The number of aliphatic hydroxyl groups excluding tert-OH is 1. The number of rotatable bonds is 7. The van der Waals surface area contributed by atoms with Crippen molar-refractivity contribution in [3.63, 3.8) is 0 Å². The SMILES string of the molecule is Cc1cccc2c1OCCCC2NCCCCCCO. The molecule has 3 heteroatoms. The molecule has 1 aromatic carbocycles. The molecule has 1 aliphatic heterocycles. The van der Waals surface area contributed by atoms with E-state index in [1.54, 1.807) is 0 Å². The largest absolute Gasteiger partial charge is 0.493 e. The molecule has 0 radical (unpaired) electrons. The van der Waals surface area contributed by atoms with Gasteiger partial charge in [0.1, 0.15) is 5.75 Å². The molecule has 2 rings (SSSR count). The van der Waals surface area contributed by atoms with Gasteiger partial charge in [-0.05, 0) is 44.7 Å². The summed E-state index contributed by atoms with van der Waals surface area (Å²) >= 11 is 0. The maximum atomic E-state index is 8.76. The quantitative estimate of drug-likeness (QED) is 0.751. The van der Waals surface area contributed by atoms with Gasteiger partial charge in [0.05, 0.1) is 6.61 Å². The van der Waals surface area contributed by atoms with Crippen LogP contribution < -0.4 is 10.1 Å². The second kappa shape index (κ2) is 8.28. The minimum absolute atomic E-state index is 0.319. The van der Waals surface area contributed by atoms with E-state index in [0.717, 1.165) is 44.6 Å². The molecule has 0 fully saturated rings. The Bertz CT molecular complexity index is 406. The van der Waals surface area contributed by atoms with Gasteiger partial charge in [-0.3, -0.25) is 0 Å². The summed E-state index contributed by atoms with van der Waals surface area (Å²) in [6.07, 6.45) is 6.68. The van der Waals surface area contributed by atoms with Crippen LogP contribution in [0.5, 0.6) is 5.75 Å². The number of fused-ring (bicyclic) bond motifs is 1. The van der Waals surface area contributed by atoms with E-state index in [4.69, 9.17) is 9.84 Å². The highest BCUT2D eigenvalue weighted by Gasteiger charge is 2.20. The van der Waals surface area contributed by atoms with Gasteiger partial charge in [-0.1, -0.05) is 31.0 Å². The molecule has 1 unspecified atom stereocenters. The van der Waals surface area contributed by atoms with E-state index >= 15 is 0 Å². The number of aliphatic hydroxyl groups is 1. The third kappa shape index (κ3) is 4.22. The van der Waals surface area contributed by atoms with Crippen molar-refractivity contribution in [2.75, 3.05) is 19.8 Å². The summed E-state index contributed by atoms with van der Waals surface area (Å²) in [5.74, 6) is 1.09. The lowest BCUT2D eigenvalue weighted by atomic mass is 9.99. The molecule has 112 valence electrons. The zero-order valence-electron chi connectivity index (χ0n) is 12.5. The van der Waals surface area contributed by atoms with Crippen LogP contribution in [0.15, 0.2) is 18.2 Å². The van der Waals surface area contributed by atoms with Crippen molar-refractivity contribution >= 4 is 0 Å². The normalized spacial score (nSPS) is 18.2. The average Bonchev–Trinajstić information content (AvgIpc) is 2.66. The van der Waals surface area contributed by atoms with Crippen LogP contribution >= 0.6 is 0 Å². The zero-order valence-corrected chi connectivity index (χ0v) is 12.5. The Hall–Kier alpha value is -1.06. The first kappa shape index (κ1) is 15.3. The monoisotopic (exact) mass is 277 g/mol. The Morgan fingerprint density at radius 3 is 2.95 bits per heavy atom. The van der Waals surface area contributed by atoms with Crippen molar-refractivity contribution in [3.05, 3.63) is 29.3 Å².